The van der Waals surface area contributed by atoms with E-state index in [1.807, 2.05) is 36.9 Å². The van der Waals surface area contributed by atoms with Crippen molar-refractivity contribution in [2.45, 2.75) is 39.2 Å². The number of rotatable bonds is 4. The number of hydrogen-bond donors (Lipinski definition) is 0. The molecule has 1 aromatic carbocycles. The highest BCUT2D eigenvalue weighted by atomic mass is 16.5. The molecule has 29 heavy (non-hydrogen) atoms. The summed E-state index contributed by atoms with van der Waals surface area (Å²) in [4.78, 5) is 29.3. The van der Waals surface area contributed by atoms with E-state index < -0.39 is 0 Å². The zero-order chi connectivity index (χ0) is 20.4. The molecule has 7 heteroatoms. The van der Waals surface area contributed by atoms with Crippen molar-refractivity contribution >= 4 is 17.5 Å². The molecule has 2 atom stereocenters. The van der Waals surface area contributed by atoms with Crippen LogP contribution in [-0.4, -0.2) is 52.6 Å². The second-order valence-electron chi connectivity index (χ2n) is 7.90. The van der Waals surface area contributed by atoms with Gasteiger partial charge in [-0.1, -0.05) is 6.07 Å². The van der Waals surface area contributed by atoms with E-state index in [-0.39, 0.29) is 30.3 Å². The number of benzene rings is 1. The van der Waals surface area contributed by atoms with Crippen LogP contribution in [0.15, 0.2) is 36.5 Å². The highest BCUT2D eigenvalue weighted by Crippen LogP contribution is 2.29. The van der Waals surface area contributed by atoms with Crippen LogP contribution in [0.2, 0.25) is 0 Å². The predicted molar refractivity (Wildman–Crippen MR) is 109 cm³/mol. The molecule has 2 aliphatic heterocycles. The molecule has 3 heterocycles. The summed E-state index contributed by atoms with van der Waals surface area (Å²) < 4.78 is 5.89. The molecular formula is C22H26N4O3. The molecule has 0 N–H and O–H groups in total. The zero-order valence-electron chi connectivity index (χ0n) is 16.9. The lowest BCUT2D eigenvalue weighted by atomic mass is 10.0. The number of nitrogens with zero attached hydrogens (tertiary/aromatic N) is 4. The number of piperidine rings is 1. The van der Waals surface area contributed by atoms with E-state index in [0.29, 0.717) is 25.5 Å². The minimum atomic E-state index is -0.306. The maximum absolute atomic E-state index is 13.1. The van der Waals surface area contributed by atoms with Gasteiger partial charge < -0.3 is 14.5 Å². The summed E-state index contributed by atoms with van der Waals surface area (Å²) in [6.45, 7) is 5.74. The van der Waals surface area contributed by atoms with Gasteiger partial charge in [0.1, 0.15) is 6.10 Å². The highest BCUT2D eigenvalue weighted by molar-refractivity contribution is 6.00. The standard InChI is InChI=1S/C22H26N4O3/c1-15-7-8-18(11-16(15)2)26-13-17(12-21(26)27)22(28)25-10-4-5-19(14-25)29-20-6-3-9-23-24-20/h3,6-9,11,17,19H,4-5,10,12-14H2,1-2H3. The van der Waals surface area contributed by atoms with Crippen LogP contribution in [0, 0.1) is 19.8 Å². The summed E-state index contributed by atoms with van der Waals surface area (Å²) in [5, 5.41) is 7.79. The number of aromatic nitrogens is 2. The minimum Gasteiger partial charge on any atom is -0.471 e. The van der Waals surface area contributed by atoms with E-state index in [1.54, 1.807) is 23.2 Å². The third-order valence-electron chi connectivity index (χ3n) is 5.80. The summed E-state index contributed by atoms with van der Waals surface area (Å²) in [6.07, 6.45) is 3.51. The van der Waals surface area contributed by atoms with Gasteiger partial charge in [0.2, 0.25) is 17.7 Å². The quantitative estimate of drug-likeness (QED) is 0.797. The summed E-state index contributed by atoms with van der Waals surface area (Å²) in [5.74, 6) is 0.219. The van der Waals surface area contributed by atoms with Crippen LogP contribution in [-0.2, 0) is 9.59 Å². The van der Waals surface area contributed by atoms with E-state index in [4.69, 9.17) is 4.74 Å². The first-order valence-corrected chi connectivity index (χ1v) is 10.1. The topological polar surface area (TPSA) is 75.6 Å². The first-order chi connectivity index (χ1) is 14.0. The Bertz CT molecular complexity index is 902. The average molecular weight is 394 g/mol. The molecule has 2 fully saturated rings. The monoisotopic (exact) mass is 394 g/mol. The second kappa shape index (κ2) is 8.19. The van der Waals surface area contributed by atoms with Crippen molar-refractivity contribution < 1.29 is 14.3 Å². The molecule has 2 aliphatic rings. The lowest BCUT2D eigenvalue weighted by Gasteiger charge is -2.34. The number of amides is 2. The van der Waals surface area contributed by atoms with E-state index in [2.05, 4.69) is 10.2 Å². The van der Waals surface area contributed by atoms with Gasteiger partial charge in [0, 0.05) is 37.5 Å². The number of hydrogen-bond acceptors (Lipinski definition) is 5. The Morgan fingerprint density at radius 2 is 2.03 bits per heavy atom. The van der Waals surface area contributed by atoms with Gasteiger partial charge >= 0.3 is 0 Å². The van der Waals surface area contributed by atoms with Gasteiger partial charge in [-0.05, 0) is 56.0 Å². The largest absolute Gasteiger partial charge is 0.471 e. The minimum absolute atomic E-state index is 0.0102. The Kier molecular flexibility index (Phi) is 5.47. The van der Waals surface area contributed by atoms with Gasteiger partial charge in [-0.25, -0.2) is 0 Å². The van der Waals surface area contributed by atoms with Crippen molar-refractivity contribution in [3.63, 3.8) is 0 Å². The maximum Gasteiger partial charge on any atom is 0.233 e. The van der Waals surface area contributed by atoms with E-state index in [9.17, 15) is 9.59 Å². The SMILES string of the molecule is Cc1ccc(N2CC(C(=O)N3CCCC(Oc4cccnn4)C3)CC2=O)cc1C. The lowest BCUT2D eigenvalue weighted by Crippen LogP contribution is -2.47. The van der Waals surface area contributed by atoms with Crippen molar-refractivity contribution in [2.75, 3.05) is 24.5 Å². The second-order valence-corrected chi connectivity index (χ2v) is 7.90. The number of aryl methyl sites for hydroxylation is 2. The Labute approximate surface area is 170 Å². The average Bonchev–Trinajstić information content (AvgIpc) is 3.12. The molecular weight excluding hydrogens is 368 g/mol. The number of carbonyl (C=O) groups is 2. The van der Waals surface area contributed by atoms with Crippen LogP contribution in [0.5, 0.6) is 5.88 Å². The number of likely N-dealkylation sites (tertiary alicyclic amines) is 1. The zero-order valence-corrected chi connectivity index (χ0v) is 16.9. The van der Waals surface area contributed by atoms with E-state index >= 15 is 0 Å². The molecule has 7 nitrogen and oxygen atoms in total. The highest BCUT2D eigenvalue weighted by Gasteiger charge is 2.38. The van der Waals surface area contributed by atoms with Crippen LogP contribution < -0.4 is 9.64 Å². The Hall–Kier alpha value is -2.96. The number of anilines is 1. The fourth-order valence-corrected chi connectivity index (χ4v) is 4.03. The first-order valence-electron chi connectivity index (χ1n) is 10.1. The van der Waals surface area contributed by atoms with Crippen molar-refractivity contribution in [2.24, 2.45) is 5.92 Å². The Morgan fingerprint density at radius 1 is 1.17 bits per heavy atom. The molecule has 0 radical (unpaired) electrons. The van der Waals surface area contributed by atoms with Crippen molar-refractivity contribution in [3.05, 3.63) is 47.7 Å². The van der Waals surface area contributed by atoms with Crippen molar-refractivity contribution in [1.82, 2.24) is 15.1 Å². The lowest BCUT2D eigenvalue weighted by molar-refractivity contribution is -0.138. The van der Waals surface area contributed by atoms with Crippen LogP contribution in [0.4, 0.5) is 5.69 Å². The van der Waals surface area contributed by atoms with Gasteiger partial charge in [-0.3, -0.25) is 9.59 Å². The Balaban J connectivity index is 1.40. The molecule has 2 saturated heterocycles. The first kappa shape index (κ1) is 19.4. The van der Waals surface area contributed by atoms with Gasteiger partial charge in [-0.2, -0.15) is 5.10 Å². The summed E-state index contributed by atoms with van der Waals surface area (Å²) >= 11 is 0. The number of carbonyl (C=O) groups excluding carboxylic acids is 2. The third kappa shape index (κ3) is 4.23. The Morgan fingerprint density at radius 3 is 2.79 bits per heavy atom. The normalized spacial score (nSPS) is 22.1. The van der Waals surface area contributed by atoms with Gasteiger partial charge in [0.25, 0.3) is 0 Å². The third-order valence-corrected chi connectivity index (χ3v) is 5.80. The molecule has 0 bridgehead atoms. The smallest absolute Gasteiger partial charge is 0.233 e. The van der Waals surface area contributed by atoms with E-state index in [1.165, 1.54) is 5.56 Å². The van der Waals surface area contributed by atoms with Crippen molar-refractivity contribution in [3.8, 4) is 5.88 Å². The molecule has 0 spiro atoms. The number of ether oxygens (including phenoxy) is 1. The molecule has 152 valence electrons. The van der Waals surface area contributed by atoms with Crippen LogP contribution in [0.25, 0.3) is 0 Å². The van der Waals surface area contributed by atoms with Gasteiger partial charge in [-0.15, -0.1) is 5.10 Å². The molecule has 2 unspecified atom stereocenters. The van der Waals surface area contributed by atoms with Gasteiger partial charge in [0.05, 0.1) is 12.5 Å². The molecule has 4 rings (SSSR count). The van der Waals surface area contributed by atoms with Crippen molar-refractivity contribution in [1.29, 1.82) is 0 Å². The summed E-state index contributed by atoms with van der Waals surface area (Å²) in [6, 6.07) is 9.54. The molecule has 2 aromatic rings. The molecule has 2 amide bonds. The van der Waals surface area contributed by atoms with Crippen LogP contribution in [0.3, 0.4) is 0 Å². The summed E-state index contributed by atoms with van der Waals surface area (Å²) in [5.41, 5.74) is 3.21. The molecule has 0 aliphatic carbocycles. The van der Waals surface area contributed by atoms with Gasteiger partial charge in [0.15, 0.2) is 0 Å². The van der Waals surface area contributed by atoms with Crippen LogP contribution in [0.1, 0.15) is 30.4 Å². The predicted octanol–water partition coefficient (Wildman–Crippen LogP) is 2.52. The maximum atomic E-state index is 13.1. The fraction of sp³-hybridized carbons (Fsp3) is 0.455. The van der Waals surface area contributed by atoms with Crippen LogP contribution >= 0.6 is 0 Å². The van der Waals surface area contributed by atoms with E-state index in [0.717, 1.165) is 24.1 Å². The molecule has 0 saturated carbocycles. The molecule has 1 aromatic heterocycles. The summed E-state index contributed by atoms with van der Waals surface area (Å²) in [7, 11) is 0. The fourth-order valence-electron chi connectivity index (χ4n) is 4.03.